The lowest BCUT2D eigenvalue weighted by molar-refractivity contribution is -0.384. The normalized spacial score (nSPS) is 10.3. The molecule has 1 aromatic heterocycles. The van der Waals surface area contributed by atoms with Gasteiger partial charge in [-0.25, -0.2) is 14.6 Å². The summed E-state index contributed by atoms with van der Waals surface area (Å²) >= 11 is 0. The van der Waals surface area contributed by atoms with E-state index in [-0.39, 0.29) is 23.6 Å². The number of rotatable bonds is 6. The molecule has 0 atom stereocenters. The number of methoxy groups -OCH3 is 1. The third kappa shape index (κ3) is 4.21. The first-order valence-electron chi connectivity index (χ1n) is 8.03. The predicted molar refractivity (Wildman–Crippen MR) is 95.5 cm³/mol. The molecule has 9 heteroatoms. The summed E-state index contributed by atoms with van der Waals surface area (Å²) in [5.41, 5.74) is 0.0851. The minimum Gasteiger partial charge on any atom is -0.465 e. The molecule has 0 aliphatic carbocycles. The van der Waals surface area contributed by atoms with Gasteiger partial charge in [0, 0.05) is 17.7 Å². The van der Waals surface area contributed by atoms with E-state index in [9.17, 15) is 19.7 Å². The van der Waals surface area contributed by atoms with Crippen molar-refractivity contribution in [1.82, 2.24) is 4.98 Å². The number of carbonyl (C=O) groups is 2. The number of oxazole rings is 1. The molecule has 1 heterocycles. The fourth-order valence-corrected chi connectivity index (χ4v) is 2.39. The van der Waals surface area contributed by atoms with Gasteiger partial charge in [0.1, 0.15) is 0 Å². The summed E-state index contributed by atoms with van der Waals surface area (Å²) in [6.07, 6.45) is 1.50. The van der Waals surface area contributed by atoms with E-state index in [0.29, 0.717) is 5.76 Å². The van der Waals surface area contributed by atoms with Gasteiger partial charge in [0.25, 0.3) is 5.69 Å². The molecule has 0 fully saturated rings. The molecule has 0 saturated carbocycles. The highest BCUT2D eigenvalue weighted by Gasteiger charge is 2.20. The fourth-order valence-electron chi connectivity index (χ4n) is 2.39. The summed E-state index contributed by atoms with van der Waals surface area (Å²) < 4.78 is 15.2. The molecule has 0 unspecified atom stereocenters. The molecular weight excluding hydrogens is 368 g/mol. The molecule has 0 spiro atoms. The van der Waals surface area contributed by atoms with Crippen molar-refractivity contribution < 1.29 is 28.4 Å². The number of carbonyl (C=O) groups excluding carboxylic acids is 2. The standard InChI is InChI=1S/C19H14N2O7/c1-26-18(22)13-7-14(9-15(8-13)21(24)25)19(23)27-11-17-20-10-16(28-17)12-5-3-2-4-6-12/h2-10H,11H2,1H3. The first kappa shape index (κ1) is 18.8. The van der Waals surface area contributed by atoms with Crippen LogP contribution in [0.15, 0.2) is 59.1 Å². The quantitative estimate of drug-likeness (QED) is 0.361. The van der Waals surface area contributed by atoms with Gasteiger partial charge in [0.15, 0.2) is 12.4 Å². The number of hydrogen-bond acceptors (Lipinski definition) is 8. The van der Waals surface area contributed by atoms with Gasteiger partial charge < -0.3 is 13.9 Å². The van der Waals surface area contributed by atoms with Crippen molar-refractivity contribution in [2.75, 3.05) is 7.11 Å². The maximum atomic E-state index is 12.3. The highest BCUT2D eigenvalue weighted by atomic mass is 16.6. The summed E-state index contributed by atoms with van der Waals surface area (Å²) in [7, 11) is 1.13. The Hall–Kier alpha value is -4.01. The summed E-state index contributed by atoms with van der Waals surface area (Å²) in [4.78, 5) is 38.3. The second kappa shape index (κ2) is 8.12. The van der Waals surface area contributed by atoms with Crippen molar-refractivity contribution in [2.45, 2.75) is 6.61 Å². The number of nitro benzene ring substituents is 1. The lowest BCUT2D eigenvalue weighted by Gasteiger charge is -2.05. The molecule has 0 saturated heterocycles. The maximum absolute atomic E-state index is 12.3. The Bertz CT molecular complexity index is 1030. The Morgan fingerprint density at radius 3 is 2.43 bits per heavy atom. The van der Waals surface area contributed by atoms with E-state index >= 15 is 0 Å². The summed E-state index contributed by atoms with van der Waals surface area (Å²) in [5, 5.41) is 11.0. The molecule has 0 bridgehead atoms. The number of aromatic nitrogens is 1. The highest BCUT2D eigenvalue weighted by Crippen LogP contribution is 2.21. The zero-order chi connectivity index (χ0) is 20.1. The smallest absolute Gasteiger partial charge is 0.338 e. The second-order valence-electron chi connectivity index (χ2n) is 5.58. The zero-order valence-corrected chi connectivity index (χ0v) is 14.7. The highest BCUT2D eigenvalue weighted by molar-refractivity contribution is 5.96. The average molecular weight is 382 g/mol. The van der Waals surface area contributed by atoms with Crippen LogP contribution in [-0.2, 0) is 16.1 Å². The van der Waals surface area contributed by atoms with Gasteiger partial charge in [0.2, 0.25) is 5.89 Å². The van der Waals surface area contributed by atoms with E-state index < -0.39 is 22.5 Å². The largest absolute Gasteiger partial charge is 0.465 e. The van der Waals surface area contributed by atoms with Crippen molar-refractivity contribution in [2.24, 2.45) is 0 Å². The van der Waals surface area contributed by atoms with E-state index in [1.165, 1.54) is 6.20 Å². The van der Waals surface area contributed by atoms with Crippen molar-refractivity contribution in [3.05, 3.63) is 81.9 Å². The molecule has 0 amide bonds. The van der Waals surface area contributed by atoms with E-state index in [1.807, 2.05) is 30.3 Å². The number of benzene rings is 2. The van der Waals surface area contributed by atoms with Gasteiger partial charge in [-0.1, -0.05) is 30.3 Å². The number of ether oxygens (including phenoxy) is 2. The van der Waals surface area contributed by atoms with Crippen LogP contribution in [0, 0.1) is 10.1 Å². The molecule has 0 N–H and O–H groups in total. The van der Waals surface area contributed by atoms with Crippen LogP contribution in [0.1, 0.15) is 26.6 Å². The number of hydrogen-bond donors (Lipinski definition) is 0. The van der Waals surface area contributed by atoms with Gasteiger partial charge >= 0.3 is 11.9 Å². The molecule has 142 valence electrons. The SMILES string of the molecule is COC(=O)c1cc(C(=O)OCc2ncc(-c3ccccc3)o2)cc([N+](=O)[O-])c1. The average Bonchev–Trinajstić information content (AvgIpc) is 3.20. The number of esters is 2. The van der Waals surface area contributed by atoms with E-state index in [0.717, 1.165) is 30.9 Å². The monoisotopic (exact) mass is 382 g/mol. The van der Waals surface area contributed by atoms with E-state index in [2.05, 4.69) is 9.72 Å². The molecule has 28 heavy (non-hydrogen) atoms. The van der Waals surface area contributed by atoms with Crippen LogP contribution in [0.25, 0.3) is 11.3 Å². The van der Waals surface area contributed by atoms with Gasteiger partial charge in [-0.2, -0.15) is 0 Å². The molecule has 9 nitrogen and oxygen atoms in total. The molecule has 0 aliphatic heterocycles. The third-order valence-electron chi connectivity index (χ3n) is 3.72. The summed E-state index contributed by atoms with van der Waals surface area (Å²) in [6, 6.07) is 12.4. The van der Waals surface area contributed by atoms with Gasteiger partial charge in [-0.15, -0.1) is 0 Å². The lowest BCUT2D eigenvalue weighted by Crippen LogP contribution is -2.09. The van der Waals surface area contributed by atoms with E-state index in [4.69, 9.17) is 9.15 Å². The van der Waals surface area contributed by atoms with Gasteiger partial charge in [-0.3, -0.25) is 10.1 Å². The zero-order valence-electron chi connectivity index (χ0n) is 14.7. The first-order chi connectivity index (χ1) is 13.5. The Morgan fingerprint density at radius 1 is 1.11 bits per heavy atom. The maximum Gasteiger partial charge on any atom is 0.338 e. The minimum atomic E-state index is -0.867. The first-order valence-corrected chi connectivity index (χ1v) is 8.03. The van der Waals surface area contributed by atoms with Crippen molar-refractivity contribution in [1.29, 1.82) is 0 Å². The molecule has 0 aliphatic rings. The Morgan fingerprint density at radius 2 is 1.79 bits per heavy atom. The number of nitrogens with zero attached hydrogens (tertiary/aromatic N) is 2. The van der Waals surface area contributed by atoms with Crippen LogP contribution in [0.5, 0.6) is 0 Å². The lowest BCUT2D eigenvalue weighted by atomic mass is 10.1. The number of non-ortho nitro benzene ring substituents is 1. The minimum absolute atomic E-state index is 0.133. The Kier molecular flexibility index (Phi) is 5.45. The summed E-state index contributed by atoms with van der Waals surface area (Å²) in [5.74, 6) is -1.01. The Labute approximate surface area is 158 Å². The van der Waals surface area contributed by atoms with Crippen LogP contribution < -0.4 is 0 Å². The van der Waals surface area contributed by atoms with Crippen molar-refractivity contribution in [3.63, 3.8) is 0 Å². The van der Waals surface area contributed by atoms with Crippen LogP contribution in [0.2, 0.25) is 0 Å². The topological polar surface area (TPSA) is 122 Å². The molecule has 3 rings (SSSR count). The van der Waals surface area contributed by atoms with Gasteiger partial charge in [-0.05, 0) is 6.07 Å². The van der Waals surface area contributed by atoms with Crippen LogP contribution >= 0.6 is 0 Å². The summed E-state index contributed by atoms with van der Waals surface area (Å²) in [6.45, 7) is -0.276. The van der Waals surface area contributed by atoms with Gasteiger partial charge in [0.05, 0.1) is 29.4 Å². The molecular formula is C19H14N2O7. The number of nitro groups is 1. The molecule has 2 aromatic carbocycles. The van der Waals surface area contributed by atoms with Crippen molar-refractivity contribution in [3.8, 4) is 11.3 Å². The van der Waals surface area contributed by atoms with Crippen molar-refractivity contribution >= 4 is 17.6 Å². The fraction of sp³-hybridized carbons (Fsp3) is 0.105. The Balaban J connectivity index is 1.74. The second-order valence-corrected chi connectivity index (χ2v) is 5.58. The van der Waals surface area contributed by atoms with Crippen LogP contribution in [-0.4, -0.2) is 29.0 Å². The van der Waals surface area contributed by atoms with Crippen LogP contribution in [0.3, 0.4) is 0 Å². The molecule has 0 radical (unpaired) electrons. The third-order valence-corrected chi connectivity index (χ3v) is 3.72. The molecule has 3 aromatic rings. The van der Waals surface area contributed by atoms with E-state index in [1.54, 1.807) is 0 Å². The van der Waals surface area contributed by atoms with Crippen LogP contribution in [0.4, 0.5) is 5.69 Å². The predicted octanol–water partition coefficient (Wildman–Crippen LogP) is 3.39.